The van der Waals surface area contributed by atoms with Crippen LogP contribution in [0.5, 0.6) is 0 Å². The summed E-state index contributed by atoms with van der Waals surface area (Å²) in [4.78, 5) is 13.3. The lowest BCUT2D eigenvalue weighted by Gasteiger charge is -2.11. The smallest absolute Gasteiger partial charge is 0.229 e. The van der Waals surface area contributed by atoms with Crippen LogP contribution in [-0.4, -0.2) is 15.0 Å². The second-order valence-electron chi connectivity index (χ2n) is 5.92. The number of hydrogen-bond donors (Lipinski definition) is 3. The van der Waals surface area contributed by atoms with Crippen LogP contribution in [0.25, 0.3) is 22.3 Å². The van der Waals surface area contributed by atoms with Gasteiger partial charge in [-0.15, -0.1) is 0 Å². The van der Waals surface area contributed by atoms with Gasteiger partial charge in [0.15, 0.2) is 5.82 Å². The zero-order valence-corrected chi connectivity index (χ0v) is 14.5. The maximum absolute atomic E-state index is 5.71. The summed E-state index contributed by atoms with van der Waals surface area (Å²) in [6.45, 7) is 0. The van der Waals surface area contributed by atoms with Crippen LogP contribution < -0.4 is 16.6 Å². The molecule has 2 aromatic carbocycles. The lowest BCUT2D eigenvalue weighted by atomic mass is 10.0. The number of nitrogens with zero attached hydrogens (tertiary/aromatic N) is 3. The van der Waals surface area contributed by atoms with Crippen LogP contribution in [0.3, 0.4) is 0 Å². The van der Waals surface area contributed by atoms with Crippen molar-refractivity contribution >= 4 is 17.5 Å². The van der Waals surface area contributed by atoms with Gasteiger partial charge in [0.2, 0.25) is 5.95 Å². The van der Waals surface area contributed by atoms with Crippen LogP contribution >= 0.6 is 0 Å². The number of hydrazine groups is 1. The summed E-state index contributed by atoms with van der Waals surface area (Å²) in [5, 5.41) is 3.16. The van der Waals surface area contributed by atoms with E-state index in [2.05, 4.69) is 25.7 Å². The molecule has 0 aliphatic carbocycles. The number of para-hydroxylation sites is 1. The molecule has 6 heteroatoms. The Hall–Kier alpha value is -3.77. The Morgan fingerprint density at radius 3 is 2.19 bits per heavy atom. The van der Waals surface area contributed by atoms with E-state index in [4.69, 9.17) is 5.84 Å². The van der Waals surface area contributed by atoms with Gasteiger partial charge in [-0.3, -0.25) is 4.98 Å². The number of pyridine rings is 1. The van der Waals surface area contributed by atoms with Crippen molar-refractivity contribution < 1.29 is 0 Å². The third-order valence-electron chi connectivity index (χ3n) is 4.11. The fraction of sp³-hybridized carbons (Fsp3) is 0. The Bertz CT molecular complexity index is 1030. The number of nitrogen functional groups attached to an aromatic ring is 1. The Morgan fingerprint density at radius 2 is 1.44 bits per heavy atom. The van der Waals surface area contributed by atoms with Crippen molar-refractivity contribution in [1.29, 1.82) is 0 Å². The first kappa shape index (κ1) is 16.7. The van der Waals surface area contributed by atoms with Gasteiger partial charge in [-0.2, -0.15) is 4.98 Å². The topological polar surface area (TPSA) is 88.8 Å². The number of aromatic nitrogens is 3. The van der Waals surface area contributed by atoms with Gasteiger partial charge in [0.1, 0.15) is 0 Å². The van der Waals surface area contributed by atoms with E-state index in [1.807, 2.05) is 72.9 Å². The summed E-state index contributed by atoms with van der Waals surface area (Å²) in [6, 6.07) is 21.9. The van der Waals surface area contributed by atoms with Crippen molar-refractivity contribution in [2.24, 2.45) is 5.84 Å². The van der Waals surface area contributed by atoms with Gasteiger partial charge in [-0.05, 0) is 23.8 Å². The van der Waals surface area contributed by atoms with E-state index < -0.39 is 0 Å². The summed E-state index contributed by atoms with van der Waals surface area (Å²) >= 11 is 0. The monoisotopic (exact) mass is 354 g/mol. The molecule has 2 aromatic heterocycles. The Balaban J connectivity index is 1.68. The number of hydrogen-bond acceptors (Lipinski definition) is 6. The molecule has 0 aliphatic heterocycles. The van der Waals surface area contributed by atoms with Crippen LogP contribution in [0.15, 0.2) is 85.3 Å². The Morgan fingerprint density at radius 1 is 0.741 bits per heavy atom. The molecule has 4 rings (SSSR count). The zero-order valence-electron chi connectivity index (χ0n) is 14.5. The van der Waals surface area contributed by atoms with Gasteiger partial charge in [0, 0.05) is 41.0 Å². The molecule has 27 heavy (non-hydrogen) atoms. The molecule has 2 heterocycles. The standard InChI is InChI=1S/C21H18N6/c22-27-20-19(14-24-21(26-20)25-18-9-5-2-6-10-18)17-11-16(12-23-13-17)15-7-3-1-4-8-15/h1-14H,22H2,(H2,24,25,26,27). The molecule has 0 bridgehead atoms. The van der Waals surface area contributed by atoms with E-state index in [9.17, 15) is 0 Å². The number of rotatable bonds is 5. The first-order valence-electron chi connectivity index (χ1n) is 8.50. The highest BCUT2D eigenvalue weighted by atomic mass is 15.3. The molecule has 0 saturated carbocycles. The average molecular weight is 354 g/mol. The molecular weight excluding hydrogens is 336 g/mol. The second kappa shape index (κ2) is 7.63. The predicted octanol–water partition coefficient (Wildman–Crippen LogP) is 4.23. The summed E-state index contributed by atoms with van der Waals surface area (Å²) in [5.41, 5.74) is 7.34. The number of nitrogens with two attached hydrogens (primary N) is 1. The van der Waals surface area contributed by atoms with E-state index in [-0.39, 0.29) is 0 Å². The normalized spacial score (nSPS) is 10.4. The van der Waals surface area contributed by atoms with Crippen molar-refractivity contribution in [3.63, 3.8) is 0 Å². The van der Waals surface area contributed by atoms with Gasteiger partial charge in [0.05, 0.1) is 0 Å². The van der Waals surface area contributed by atoms with Crippen LogP contribution in [-0.2, 0) is 0 Å². The zero-order chi connectivity index (χ0) is 18.5. The summed E-state index contributed by atoms with van der Waals surface area (Å²) in [6.07, 6.45) is 5.34. The maximum Gasteiger partial charge on any atom is 0.229 e. The number of nitrogens with one attached hydrogen (secondary N) is 2. The van der Waals surface area contributed by atoms with Crippen LogP contribution in [0.2, 0.25) is 0 Å². The first-order chi connectivity index (χ1) is 13.3. The quantitative estimate of drug-likeness (QED) is 0.367. The van der Waals surface area contributed by atoms with Crippen molar-refractivity contribution in [2.75, 3.05) is 10.7 Å². The first-order valence-corrected chi connectivity index (χ1v) is 8.50. The maximum atomic E-state index is 5.71. The van der Waals surface area contributed by atoms with Gasteiger partial charge in [-0.1, -0.05) is 48.5 Å². The van der Waals surface area contributed by atoms with Gasteiger partial charge in [0.25, 0.3) is 0 Å². The van der Waals surface area contributed by atoms with Crippen molar-refractivity contribution in [1.82, 2.24) is 15.0 Å². The fourth-order valence-electron chi connectivity index (χ4n) is 2.79. The van der Waals surface area contributed by atoms with Crippen LogP contribution in [0.4, 0.5) is 17.5 Å². The van der Waals surface area contributed by atoms with Gasteiger partial charge in [-0.25, -0.2) is 10.8 Å². The lowest BCUT2D eigenvalue weighted by molar-refractivity contribution is 1.14. The minimum Gasteiger partial charge on any atom is -0.324 e. The molecule has 6 nitrogen and oxygen atoms in total. The average Bonchev–Trinajstić information content (AvgIpc) is 2.75. The fourth-order valence-corrected chi connectivity index (χ4v) is 2.79. The number of benzene rings is 2. The molecule has 0 aliphatic rings. The van der Waals surface area contributed by atoms with E-state index >= 15 is 0 Å². The van der Waals surface area contributed by atoms with E-state index in [0.29, 0.717) is 11.8 Å². The highest BCUT2D eigenvalue weighted by molar-refractivity contribution is 5.78. The molecule has 4 N–H and O–H groups in total. The molecule has 0 radical (unpaired) electrons. The molecular formula is C21H18N6. The largest absolute Gasteiger partial charge is 0.324 e. The van der Waals surface area contributed by atoms with E-state index in [0.717, 1.165) is 27.9 Å². The Labute approximate surface area is 157 Å². The summed E-state index contributed by atoms with van der Waals surface area (Å²) in [7, 11) is 0. The predicted molar refractivity (Wildman–Crippen MR) is 108 cm³/mol. The highest BCUT2D eigenvalue weighted by Gasteiger charge is 2.10. The van der Waals surface area contributed by atoms with Crippen molar-refractivity contribution in [3.8, 4) is 22.3 Å². The molecule has 0 amide bonds. The number of anilines is 3. The lowest BCUT2D eigenvalue weighted by Crippen LogP contribution is -2.11. The van der Waals surface area contributed by atoms with Crippen LogP contribution in [0, 0.1) is 0 Å². The molecule has 0 spiro atoms. The van der Waals surface area contributed by atoms with E-state index in [1.54, 1.807) is 12.4 Å². The molecule has 4 aromatic rings. The Kier molecular flexibility index (Phi) is 4.72. The molecule has 132 valence electrons. The third kappa shape index (κ3) is 3.75. The molecule has 0 atom stereocenters. The van der Waals surface area contributed by atoms with E-state index in [1.165, 1.54) is 0 Å². The third-order valence-corrected chi connectivity index (χ3v) is 4.11. The van der Waals surface area contributed by atoms with Crippen molar-refractivity contribution in [2.45, 2.75) is 0 Å². The van der Waals surface area contributed by atoms with Crippen molar-refractivity contribution in [3.05, 3.63) is 85.3 Å². The van der Waals surface area contributed by atoms with Crippen LogP contribution in [0.1, 0.15) is 0 Å². The van der Waals surface area contributed by atoms with Gasteiger partial charge < -0.3 is 10.7 Å². The molecule has 0 unspecified atom stereocenters. The molecule has 0 fully saturated rings. The minimum atomic E-state index is 0.463. The second-order valence-corrected chi connectivity index (χ2v) is 5.92. The molecule has 0 saturated heterocycles. The summed E-state index contributed by atoms with van der Waals surface area (Å²) < 4.78 is 0. The minimum absolute atomic E-state index is 0.463. The van der Waals surface area contributed by atoms with Gasteiger partial charge >= 0.3 is 0 Å². The highest BCUT2D eigenvalue weighted by Crippen LogP contribution is 2.29. The SMILES string of the molecule is NNc1nc(Nc2ccccc2)ncc1-c1cncc(-c2ccccc2)c1. The summed E-state index contributed by atoms with van der Waals surface area (Å²) in [5.74, 6) is 6.70.